The van der Waals surface area contributed by atoms with E-state index in [1.54, 1.807) is 43.6 Å². The molecule has 0 radical (unpaired) electrons. The fourth-order valence-corrected chi connectivity index (χ4v) is 5.56. The maximum absolute atomic E-state index is 15.1. The van der Waals surface area contributed by atoms with Crippen LogP contribution in [0, 0.1) is 11.6 Å². The van der Waals surface area contributed by atoms with Crippen LogP contribution in [0.1, 0.15) is 10.4 Å². The molecule has 3 aromatic carbocycles. The van der Waals surface area contributed by atoms with Gasteiger partial charge < -0.3 is 14.6 Å². The van der Waals surface area contributed by atoms with E-state index >= 15 is 4.39 Å². The lowest BCUT2D eigenvalue weighted by molar-refractivity contribution is 0.0964. The first-order valence-electron chi connectivity index (χ1n) is 12.1. The molecule has 39 heavy (non-hydrogen) atoms. The molecule has 0 unspecified atom stereocenters. The van der Waals surface area contributed by atoms with E-state index in [1.807, 2.05) is 37.2 Å². The summed E-state index contributed by atoms with van der Waals surface area (Å²) in [5.74, 6) is -0.769. The van der Waals surface area contributed by atoms with Crippen LogP contribution in [0.4, 0.5) is 14.5 Å². The molecule has 0 bridgehead atoms. The second-order valence-corrected chi connectivity index (χ2v) is 10.2. The second-order valence-electron chi connectivity index (χ2n) is 9.19. The number of hydrogen-bond acceptors (Lipinski definition) is 6. The van der Waals surface area contributed by atoms with Gasteiger partial charge in [-0.05, 0) is 60.2 Å². The van der Waals surface area contributed by atoms with E-state index in [-0.39, 0.29) is 11.7 Å². The van der Waals surface area contributed by atoms with Crippen molar-refractivity contribution in [1.82, 2.24) is 15.3 Å². The molecule has 6 nitrogen and oxygen atoms in total. The number of pyridine rings is 1. The lowest BCUT2D eigenvalue weighted by Gasteiger charge is -2.18. The number of carbonyl (C=O) groups is 1. The van der Waals surface area contributed by atoms with E-state index in [2.05, 4.69) is 15.3 Å². The summed E-state index contributed by atoms with van der Waals surface area (Å²) in [6.45, 7) is 0. The molecule has 0 aliphatic carbocycles. The van der Waals surface area contributed by atoms with Crippen LogP contribution in [0.15, 0.2) is 77.3 Å². The SMILES string of the molecule is CNC(=O)c1c(-c2ccc(F)cc2)oc2cc(N(C)C)c(-c3ccc(F)c(-c4nc5cccnc5s4)c3)cc12. The maximum Gasteiger partial charge on any atom is 0.255 e. The van der Waals surface area contributed by atoms with Gasteiger partial charge in [-0.3, -0.25) is 4.79 Å². The number of furan rings is 1. The third-order valence-corrected chi connectivity index (χ3v) is 7.54. The Bertz CT molecular complexity index is 1840. The minimum absolute atomic E-state index is 0.335. The third-order valence-electron chi connectivity index (χ3n) is 6.52. The Morgan fingerprint density at radius 1 is 0.974 bits per heavy atom. The molecular weight excluding hydrogens is 518 g/mol. The van der Waals surface area contributed by atoms with Crippen molar-refractivity contribution in [3.05, 3.63) is 90.1 Å². The number of hydrogen-bond donors (Lipinski definition) is 1. The summed E-state index contributed by atoms with van der Waals surface area (Å²) in [6, 6.07) is 18.1. The molecule has 0 aliphatic heterocycles. The van der Waals surface area contributed by atoms with E-state index in [0.717, 1.165) is 21.6 Å². The summed E-state index contributed by atoms with van der Waals surface area (Å²) in [6.07, 6.45) is 1.69. The molecule has 6 aromatic rings. The average Bonchev–Trinajstić information content (AvgIpc) is 3.54. The van der Waals surface area contributed by atoms with Crippen LogP contribution >= 0.6 is 11.3 Å². The second kappa shape index (κ2) is 9.59. The van der Waals surface area contributed by atoms with Crippen LogP contribution in [-0.4, -0.2) is 37.0 Å². The summed E-state index contributed by atoms with van der Waals surface area (Å²) in [7, 11) is 5.35. The highest BCUT2D eigenvalue weighted by Gasteiger charge is 2.24. The van der Waals surface area contributed by atoms with Gasteiger partial charge in [0.05, 0.1) is 5.56 Å². The minimum atomic E-state index is -0.391. The number of nitrogens with zero attached hydrogens (tertiary/aromatic N) is 3. The summed E-state index contributed by atoms with van der Waals surface area (Å²) in [5.41, 5.74) is 4.83. The van der Waals surface area contributed by atoms with E-state index in [0.29, 0.717) is 43.9 Å². The number of nitrogens with one attached hydrogen (secondary N) is 1. The zero-order valence-electron chi connectivity index (χ0n) is 21.3. The number of fused-ring (bicyclic) bond motifs is 2. The zero-order valence-corrected chi connectivity index (χ0v) is 22.1. The highest BCUT2D eigenvalue weighted by Crippen LogP contribution is 2.42. The highest BCUT2D eigenvalue weighted by molar-refractivity contribution is 7.21. The Balaban J connectivity index is 1.58. The van der Waals surface area contributed by atoms with Crippen LogP contribution in [0.3, 0.4) is 0 Å². The van der Waals surface area contributed by atoms with Crippen molar-refractivity contribution in [1.29, 1.82) is 0 Å². The van der Waals surface area contributed by atoms with Gasteiger partial charge in [-0.2, -0.15) is 0 Å². The number of thiazole rings is 1. The van der Waals surface area contributed by atoms with Gasteiger partial charge >= 0.3 is 0 Å². The Hall–Kier alpha value is -4.63. The topological polar surface area (TPSA) is 71.3 Å². The fourth-order valence-electron chi connectivity index (χ4n) is 4.63. The van der Waals surface area contributed by atoms with Crippen LogP contribution in [0.2, 0.25) is 0 Å². The normalized spacial score (nSPS) is 11.3. The van der Waals surface area contributed by atoms with Crippen molar-refractivity contribution in [3.8, 4) is 33.0 Å². The molecule has 0 fully saturated rings. The Morgan fingerprint density at radius 3 is 2.46 bits per heavy atom. The number of benzene rings is 3. The lowest BCUT2D eigenvalue weighted by atomic mass is 9.97. The van der Waals surface area contributed by atoms with Gasteiger partial charge in [-0.1, -0.05) is 17.4 Å². The third kappa shape index (κ3) is 4.30. The molecule has 194 valence electrons. The van der Waals surface area contributed by atoms with Crippen molar-refractivity contribution in [3.63, 3.8) is 0 Å². The Morgan fingerprint density at radius 2 is 1.74 bits per heavy atom. The van der Waals surface area contributed by atoms with Gasteiger partial charge in [0.25, 0.3) is 5.91 Å². The van der Waals surface area contributed by atoms with Crippen molar-refractivity contribution < 1.29 is 18.0 Å². The summed E-state index contributed by atoms with van der Waals surface area (Å²) in [5, 5.41) is 3.80. The molecule has 0 aliphatic rings. The lowest BCUT2D eigenvalue weighted by Crippen LogP contribution is -2.18. The molecule has 0 spiro atoms. The van der Waals surface area contributed by atoms with Crippen LogP contribution < -0.4 is 10.2 Å². The fraction of sp³-hybridized carbons (Fsp3) is 0.100. The highest BCUT2D eigenvalue weighted by atomic mass is 32.1. The number of aromatic nitrogens is 2. The molecule has 6 rings (SSSR count). The van der Waals surface area contributed by atoms with E-state index in [4.69, 9.17) is 4.42 Å². The minimum Gasteiger partial charge on any atom is -0.455 e. The van der Waals surface area contributed by atoms with E-state index in [9.17, 15) is 9.18 Å². The molecule has 0 saturated heterocycles. The monoisotopic (exact) mass is 540 g/mol. The number of amides is 1. The van der Waals surface area contributed by atoms with Gasteiger partial charge in [0.15, 0.2) is 0 Å². The standard InChI is InChI=1S/C30H22F2N4O2S/c1-33-28(37)26-21-14-19(24(36(2)3)15-25(21)38-27(26)16-6-9-18(31)10-7-16)17-8-11-22(32)20(13-17)29-35-23-5-4-12-34-30(23)39-29/h4-15H,1-3H3,(H,33,37). The Kier molecular flexibility index (Phi) is 6.07. The van der Waals surface area contributed by atoms with Gasteiger partial charge in [0.2, 0.25) is 0 Å². The van der Waals surface area contributed by atoms with Gasteiger partial charge in [0.1, 0.15) is 38.3 Å². The predicted octanol–water partition coefficient (Wildman–Crippen LogP) is 7.14. The molecule has 1 N–H and O–H groups in total. The zero-order chi connectivity index (χ0) is 27.3. The molecule has 1 amide bonds. The first kappa shape index (κ1) is 24.7. The number of halogens is 2. The summed E-state index contributed by atoms with van der Waals surface area (Å²) in [4.78, 5) is 24.6. The van der Waals surface area contributed by atoms with Crippen molar-refractivity contribution in [2.45, 2.75) is 0 Å². The first-order chi connectivity index (χ1) is 18.8. The summed E-state index contributed by atoms with van der Waals surface area (Å²) < 4.78 is 34.9. The molecule has 9 heteroatoms. The number of anilines is 1. The first-order valence-corrected chi connectivity index (χ1v) is 12.9. The van der Waals surface area contributed by atoms with Gasteiger partial charge in [-0.25, -0.2) is 18.7 Å². The van der Waals surface area contributed by atoms with Gasteiger partial charge in [-0.15, -0.1) is 0 Å². The Labute approximate surface area is 226 Å². The summed E-state index contributed by atoms with van der Waals surface area (Å²) >= 11 is 1.33. The van der Waals surface area contributed by atoms with Crippen molar-refractivity contribution in [2.75, 3.05) is 26.0 Å². The van der Waals surface area contributed by atoms with Crippen LogP contribution in [0.25, 0.3) is 54.3 Å². The molecular formula is C30H22F2N4O2S. The van der Waals surface area contributed by atoms with Gasteiger partial charge in [0, 0.05) is 61.2 Å². The molecule has 0 saturated carbocycles. The average molecular weight is 541 g/mol. The van der Waals surface area contributed by atoms with Crippen molar-refractivity contribution >= 4 is 44.2 Å². The molecule has 3 heterocycles. The molecule has 3 aromatic heterocycles. The molecule has 0 atom stereocenters. The predicted molar refractivity (Wildman–Crippen MR) is 151 cm³/mol. The van der Waals surface area contributed by atoms with Crippen molar-refractivity contribution in [2.24, 2.45) is 0 Å². The smallest absolute Gasteiger partial charge is 0.255 e. The van der Waals surface area contributed by atoms with Crippen LogP contribution in [0.5, 0.6) is 0 Å². The number of carbonyl (C=O) groups excluding carboxylic acids is 1. The maximum atomic E-state index is 15.1. The van der Waals surface area contributed by atoms with Crippen LogP contribution in [-0.2, 0) is 0 Å². The largest absolute Gasteiger partial charge is 0.455 e. The van der Waals surface area contributed by atoms with E-state index in [1.165, 1.54) is 29.5 Å². The quantitative estimate of drug-likeness (QED) is 0.252. The number of rotatable bonds is 5. The van der Waals surface area contributed by atoms with E-state index < -0.39 is 5.82 Å².